The highest BCUT2D eigenvalue weighted by Crippen LogP contribution is 2.50. The summed E-state index contributed by atoms with van der Waals surface area (Å²) in [5.74, 6) is 1.03. The van der Waals surface area contributed by atoms with Gasteiger partial charge in [0, 0.05) is 22.7 Å². The van der Waals surface area contributed by atoms with Crippen LogP contribution in [0, 0.1) is 5.92 Å². The largest absolute Gasteiger partial charge is 0.497 e. The van der Waals surface area contributed by atoms with Crippen LogP contribution in [0.15, 0.2) is 83.8 Å². The van der Waals surface area contributed by atoms with E-state index in [1.165, 1.54) is 0 Å². The summed E-state index contributed by atoms with van der Waals surface area (Å²) in [5, 5.41) is 4.34. The number of hydrogen-bond acceptors (Lipinski definition) is 4. The Kier molecular flexibility index (Phi) is 5.35. The summed E-state index contributed by atoms with van der Waals surface area (Å²) >= 11 is 6.24. The molecular formula is C25H23ClN2O3S. The predicted octanol–water partition coefficient (Wildman–Crippen LogP) is 5.98. The van der Waals surface area contributed by atoms with Gasteiger partial charge in [0.1, 0.15) is 5.75 Å². The molecule has 5 rings (SSSR count). The maximum Gasteiger partial charge on any atom is 0.261 e. The number of sulfonamides is 1. The molecule has 0 saturated heterocycles. The zero-order valence-electron chi connectivity index (χ0n) is 17.5. The van der Waals surface area contributed by atoms with Crippen LogP contribution < -0.4 is 14.8 Å². The van der Waals surface area contributed by atoms with Crippen LogP contribution in [0.1, 0.15) is 29.5 Å². The van der Waals surface area contributed by atoms with Gasteiger partial charge >= 0.3 is 0 Å². The SMILES string of the molecule is COc1cccc(NS(=O)(=O)c2ccc3c(c2)[C@H]2C=CC[C@H]2[C@@H](c2cccc(Cl)c2)N3)c1. The van der Waals surface area contributed by atoms with Crippen LogP contribution in [-0.2, 0) is 10.0 Å². The van der Waals surface area contributed by atoms with Gasteiger partial charge < -0.3 is 10.1 Å². The monoisotopic (exact) mass is 466 g/mol. The number of hydrogen-bond donors (Lipinski definition) is 2. The summed E-state index contributed by atoms with van der Waals surface area (Å²) in [5.41, 5.74) is 3.54. The highest BCUT2D eigenvalue weighted by atomic mass is 35.5. The average molecular weight is 467 g/mol. The highest BCUT2D eigenvalue weighted by molar-refractivity contribution is 7.92. The Labute approximate surface area is 193 Å². The number of methoxy groups -OCH3 is 1. The molecule has 0 unspecified atom stereocenters. The number of halogens is 1. The lowest BCUT2D eigenvalue weighted by Crippen LogP contribution is -2.29. The number of anilines is 2. The van der Waals surface area contributed by atoms with Crippen LogP contribution in [0.25, 0.3) is 0 Å². The molecule has 0 radical (unpaired) electrons. The molecule has 3 atom stereocenters. The Morgan fingerprint density at radius 2 is 1.91 bits per heavy atom. The van der Waals surface area contributed by atoms with E-state index in [1.54, 1.807) is 43.5 Å². The second-order valence-electron chi connectivity index (χ2n) is 8.12. The van der Waals surface area contributed by atoms with Crippen LogP contribution in [0.2, 0.25) is 5.02 Å². The Hall–Kier alpha value is -2.96. The molecule has 0 fully saturated rings. The molecule has 2 N–H and O–H groups in total. The van der Waals surface area contributed by atoms with Gasteiger partial charge in [-0.2, -0.15) is 0 Å². The van der Waals surface area contributed by atoms with E-state index in [0.29, 0.717) is 22.4 Å². The zero-order valence-corrected chi connectivity index (χ0v) is 19.0. The molecule has 0 saturated carbocycles. The van der Waals surface area contributed by atoms with E-state index in [4.69, 9.17) is 16.3 Å². The third-order valence-corrected chi connectivity index (χ3v) is 7.79. The molecule has 1 aliphatic carbocycles. The number of allylic oxidation sites excluding steroid dienone is 2. The fourth-order valence-electron chi connectivity index (χ4n) is 4.67. The summed E-state index contributed by atoms with van der Waals surface area (Å²) in [6.07, 6.45) is 5.29. The summed E-state index contributed by atoms with van der Waals surface area (Å²) in [6.45, 7) is 0. The number of nitrogens with one attached hydrogen (secondary N) is 2. The smallest absolute Gasteiger partial charge is 0.261 e. The molecule has 0 amide bonds. The van der Waals surface area contributed by atoms with Crippen LogP contribution in [0.4, 0.5) is 11.4 Å². The lowest BCUT2D eigenvalue weighted by atomic mass is 9.77. The van der Waals surface area contributed by atoms with E-state index in [0.717, 1.165) is 23.2 Å². The maximum absolute atomic E-state index is 13.1. The van der Waals surface area contributed by atoms with E-state index in [9.17, 15) is 8.42 Å². The molecule has 1 heterocycles. The zero-order chi connectivity index (χ0) is 22.3. The van der Waals surface area contributed by atoms with Crippen molar-refractivity contribution < 1.29 is 13.2 Å². The molecule has 1 aliphatic heterocycles. The molecular weight excluding hydrogens is 444 g/mol. The molecule has 7 heteroatoms. The first-order valence-electron chi connectivity index (χ1n) is 10.4. The summed E-state index contributed by atoms with van der Waals surface area (Å²) in [7, 11) is -2.20. The first kappa shape index (κ1) is 20.9. The average Bonchev–Trinajstić information content (AvgIpc) is 3.28. The van der Waals surface area contributed by atoms with Gasteiger partial charge in [-0.3, -0.25) is 4.72 Å². The quantitative estimate of drug-likeness (QED) is 0.454. The second-order valence-corrected chi connectivity index (χ2v) is 10.2. The second kappa shape index (κ2) is 8.19. The number of benzene rings is 3. The van der Waals surface area contributed by atoms with E-state index in [-0.39, 0.29) is 16.9 Å². The van der Waals surface area contributed by atoms with Crippen molar-refractivity contribution in [2.75, 3.05) is 17.1 Å². The lowest BCUT2D eigenvalue weighted by Gasteiger charge is -2.37. The van der Waals surface area contributed by atoms with Crippen molar-refractivity contribution in [2.24, 2.45) is 5.92 Å². The molecule has 0 bridgehead atoms. The van der Waals surface area contributed by atoms with Crippen molar-refractivity contribution in [3.8, 4) is 5.75 Å². The Bertz CT molecular complexity index is 1310. The van der Waals surface area contributed by atoms with Crippen molar-refractivity contribution >= 4 is 33.0 Å². The van der Waals surface area contributed by atoms with E-state index >= 15 is 0 Å². The van der Waals surface area contributed by atoms with Gasteiger partial charge in [0.25, 0.3) is 10.0 Å². The molecule has 2 aliphatic rings. The molecule has 5 nitrogen and oxygen atoms in total. The summed E-state index contributed by atoms with van der Waals surface area (Å²) < 4.78 is 34.0. The van der Waals surface area contributed by atoms with Crippen LogP contribution >= 0.6 is 11.6 Å². The minimum absolute atomic E-state index is 0.110. The first-order chi connectivity index (χ1) is 15.4. The minimum atomic E-state index is -3.75. The maximum atomic E-state index is 13.1. The number of fused-ring (bicyclic) bond motifs is 3. The van der Waals surface area contributed by atoms with Crippen LogP contribution in [-0.4, -0.2) is 15.5 Å². The summed E-state index contributed by atoms with van der Waals surface area (Å²) in [4.78, 5) is 0.237. The van der Waals surface area contributed by atoms with Crippen LogP contribution in [0.3, 0.4) is 0 Å². The molecule has 32 heavy (non-hydrogen) atoms. The predicted molar refractivity (Wildman–Crippen MR) is 128 cm³/mol. The molecule has 0 aromatic heterocycles. The fraction of sp³-hybridized carbons (Fsp3) is 0.200. The third-order valence-electron chi connectivity index (χ3n) is 6.17. The van der Waals surface area contributed by atoms with Gasteiger partial charge in [-0.1, -0.05) is 42.0 Å². The molecule has 0 spiro atoms. The summed E-state index contributed by atoms with van der Waals surface area (Å²) in [6, 6.07) is 20.2. The normalized spacial score (nSPS) is 21.4. The van der Waals surface area contributed by atoms with Crippen molar-refractivity contribution in [2.45, 2.75) is 23.3 Å². The van der Waals surface area contributed by atoms with Gasteiger partial charge in [-0.25, -0.2) is 8.42 Å². The van der Waals surface area contributed by atoms with Gasteiger partial charge in [0.2, 0.25) is 0 Å². The molecule has 164 valence electrons. The fourth-order valence-corrected chi connectivity index (χ4v) is 5.95. The van der Waals surface area contributed by atoms with Crippen molar-refractivity contribution in [1.82, 2.24) is 0 Å². The van der Waals surface area contributed by atoms with Gasteiger partial charge in [-0.15, -0.1) is 0 Å². The molecule has 3 aromatic carbocycles. The highest BCUT2D eigenvalue weighted by Gasteiger charge is 2.38. The number of rotatable bonds is 5. The van der Waals surface area contributed by atoms with Crippen molar-refractivity contribution in [3.05, 3.63) is 95.0 Å². The first-order valence-corrected chi connectivity index (χ1v) is 12.3. The van der Waals surface area contributed by atoms with Gasteiger partial charge in [0.05, 0.1) is 23.7 Å². The number of ether oxygens (including phenoxy) is 1. The topological polar surface area (TPSA) is 67.4 Å². The standard InChI is InChI=1S/C25H23ClN2O3S/c1-31-19-8-3-7-18(14-19)28-32(29,30)20-11-12-24-23(15-20)21-9-4-10-22(21)25(27-24)16-5-2-6-17(26)13-16/h2-9,11-15,21-22,25,27-28H,10H2,1H3/t21-,22+,25+/m0/s1. The minimum Gasteiger partial charge on any atom is -0.497 e. The van der Waals surface area contributed by atoms with Crippen molar-refractivity contribution in [1.29, 1.82) is 0 Å². The Morgan fingerprint density at radius 1 is 1.06 bits per heavy atom. The van der Waals surface area contributed by atoms with E-state index in [2.05, 4.69) is 28.3 Å². The van der Waals surface area contributed by atoms with E-state index < -0.39 is 10.0 Å². The Balaban J connectivity index is 1.48. The van der Waals surface area contributed by atoms with E-state index in [1.807, 2.05) is 24.3 Å². The van der Waals surface area contributed by atoms with Crippen LogP contribution in [0.5, 0.6) is 5.75 Å². The molecule has 3 aromatic rings. The lowest BCUT2D eigenvalue weighted by molar-refractivity contribution is 0.415. The van der Waals surface area contributed by atoms with Gasteiger partial charge in [0.15, 0.2) is 0 Å². The van der Waals surface area contributed by atoms with Gasteiger partial charge in [-0.05, 0) is 65.9 Å². The Morgan fingerprint density at radius 3 is 2.72 bits per heavy atom. The van der Waals surface area contributed by atoms with Crippen molar-refractivity contribution in [3.63, 3.8) is 0 Å². The third kappa shape index (κ3) is 3.85.